The summed E-state index contributed by atoms with van der Waals surface area (Å²) in [6, 6.07) is 10.5. The van der Waals surface area contributed by atoms with Crippen molar-refractivity contribution in [2.75, 3.05) is 0 Å². The van der Waals surface area contributed by atoms with Gasteiger partial charge in [-0.05, 0) is 29.9 Å². The predicted octanol–water partition coefficient (Wildman–Crippen LogP) is 4.05. The molecule has 1 nitrogen and oxygen atoms in total. The van der Waals surface area contributed by atoms with E-state index in [1.165, 1.54) is 28.5 Å². The molecule has 0 saturated carbocycles. The monoisotopic (exact) mass is 221 g/mol. The summed E-state index contributed by atoms with van der Waals surface area (Å²) in [5.74, 6) is 0. The molecule has 0 aliphatic heterocycles. The molecule has 0 unspecified atom stereocenters. The third-order valence-corrected chi connectivity index (χ3v) is 3.20. The van der Waals surface area contributed by atoms with Gasteiger partial charge in [-0.15, -0.1) is 0 Å². The van der Waals surface area contributed by atoms with Gasteiger partial charge < -0.3 is 0 Å². The van der Waals surface area contributed by atoms with Crippen molar-refractivity contribution in [2.45, 2.75) is 19.3 Å². The highest BCUT2D eigenvalue weighted by Crippen LogP contribution is 2.21. The Bertz CT molecular complexity index is 588. The van der Waals surface area contributed by atoms with E-state index < -0.39 is 0 Å². The summed E-state index contributed by atoms with van der Waals surface area (Å²) in [7, 11) is 0. The lowest BCUT2D eigenvalue weighted by molar-refractivity contribution is 0.983. The molecular weight excluding hydrogens is 206 g/mol. The molecule has 0 amide bonds. The Kier molecular flexibility index (Phi) is 2.74. The van der Waals surface area contributed by atoms with Gasteiger partial charge in [0.25, 0.3) is 0 Å². The van der Waals surface area contributed by atoms with Crippen LogP contribution in [0.25, 0.3) is 10.8 Å². The van der Waals surface area contributed by atoms with E-state index in [4.69, 9.17) is 0 Å². The highest BCUT2D eigenvalue weighted by molar-refractivity contribution is 5.84. The predicted molar refractivity (Wildman–Crippen MR) is 71.9 cm³/mol. The van der Waals surface area contributed by atoms with Crippen molar-refractivity contribution < 1.29 is 0 Å². The second-order valence-corrected chi connectivity index (χ2v) is 4.41. The highest BCUT2D eigenvalue weighted by atomic mass is 14.7. The highest BCUT2D eigenvalue weighted by Gasteiger charge is 2.04. The number of fused-ring (bicyclic) bond motifs is 1. The third-order valence-electron chi connectivity index (χ3n) is 3.20. The number of nitrogens with zero attached hydrogens (tertiary/aromatic N) is 1. The number of allylic oxidation sites excluding steroid dienone is 4. The van der Waals surface area contributed by atoms with Crippen LogP contribution in [-0.2, 0) is 6.42 Å². The summed E-state index contributed by atoms with van der Waals surface area (Å²) in [6.07, 6.45) is 12.0. The first-order valence-electron chi connectivity index (χ1n) is 6.12. The molecule has 0 fully saturated rings. The smallest absolute Gasteiger partial charge is 0.0525 e. The average Bonchev–Trinajstić information content (AvgIpc) is 2.40. The van der Waals surface area contributed by atoms with Gasteiger partial charge in [0.2, 0.25) is 0 Å². The number of hydrogen-bond donors (Lipinski definition) is 0. The van der Waals surface area contributed by atoms with E-state index in [9.17, 15) is 0 Å². The van der Waals surface area contributed by atoms with Crippen molar-refractivity contribution in [3.8, 4) is 0 Å². The van der Waals surface area contributed by atoms with Gasteiger partial charge in [0.15, 0.2) is 0 Å². The lowest BCUT2D eigenvalue weighted by Gasteiger charge is -2.08. The van der Waals surface area contributed by atoms with Gasteiger partial charge in [-0.1, -0.05) is 42.5 Å². The average molecular weight is 221 g/mol. The van der Waals surface area contributed by atoms with Crippen molar-refractivity contribution in [3.63, 3.8) is 0 Å². The van der Waals surface area contributed by atoms with E-state index in [-0.39, 0.29) is 0 Å². The fourth-order valence-electron chi connectivity index (χ4n) is 2.32. The van der Waals surface area contributed by atoms with Crippen LogP contribution in [0.15, 0.2) is 60.3 Å². The van der Waals surface area contributed by atoms with Gasteiger partial charge in [0, 0.05) is 18.0 Å². The van der Waals surface area contributed by atoms with Crippen LogP contribution in [0, 0.1) is 0 Å². The lowest BCUT2D eigenvalue weighted by atomic mass is 10.00. The van der Waals surface area contributed by atoms with Crippen LogP contribution in [0.1, 0.15) is 18.5 Å². The summed E-state index contributed by atoms with van der Waals surface area (Å²) >= 11 is 0. The quantitative estimate of drug-likeness (QED) is 0.745. The molecule has 0 N–H and O–H groups in total. The minimum atomic E-state index is 0.942. The fourth-order valence-corrected chi connectivity index (χ4v) is 2.32. The molecular formula is C16H15N. The van der Waals surface area contributed by atoms with Crippen LogP contribution in [0.5, 0.6) is 0 Å². The summed E-state index contributed by atoms with van der Waals surface area (Å²) in [4.78, 5) is 4.53. The zero-order valence-electron chi connectivity index (χ0n) is 9.76. The zero-order chi connectivity index (χ0) is 11.5. The topological polar surface area (TPSA) is 12.9 Å². The molecule has 2 aromatic rings. The van der Waals surface area contributed by atoms with Crippen molar-refractivity contribution in [3.05, 3.63) is 66.0 Å². The van der Waals surface area contributed by atoms with Crippen molar-refractivity contribution in [1.82, 2.24) is 4.98 Å². The minimum absolute atomic E-state index is 0.942. The van der Waals surface area contributed by atoms with E-state index in [1.54, 1.807) is 0 Å². The molecule has 1 aromatic carbocycles. The Morgan fingerprint density at radius 1 is 1.06 bits per heavy atom. The maximum atomic E-state index is 4.53. The Morgan fingerprint density at radius 3 is 2.88 bits per heavy atom. The number of hydrogen-bond acceptors (Lipinski definition) is 1. The molecule has 0 radical (unpaired) electrons. The molecule has 0 atom stereocenters. The molecule has 0 bridgehead atoms. The number of aromatic nitrogens is 1. The first-order valence-corrected chi connectivity index (χ1v) is 6.12. The van der Waals surface area contributed by atoms with E-state index in [2.05, 4.69) is 53.5 Å². The third kappa shape index (κ3) is 2.14. The minimum Gasteiger partial charge on any atom is -0.260 e. The second-order valence-electron chi connectivity index (χ2n) is 4.41. The molecule has 1 heteroatoms. The van der Waals surface area contributed by atoms with Crippen LogP contribution in [-0.4, -0.2) is 4.98 Å². The van der Waals surface area contributed by atoms with E-state index in [0.717, 1.165) is 12.8 Å². The molecule has 1 heterocycles. The Morgan fingerprint density at radius 2 is 2.00 bits per heavy atom. The van der Waals surface area contributed by atoms with Crippen molar-refractivity contribution in [2.24, 2.45) is 0 Å². The van der Waals surface area contributed by atoms with E-state index in [1.807, 2.05) is 6.20 Å². The SMILES string of the molecule is C1=CC(Cc2nccc3ccccc23)=CCC1. The Hall–Kier alpha value is -1.89. The molecule has 3 rings (SSSR count). The van der Waals surface area contributed by atoms with Crippen LogP contribution in [0.2, 0.25) is 0 Å². The van der Waals surface area contributed by atoms with E-state index >= 15 is 0 Å². The van der Waals surface area contributed by atoms with Gasteiger partial charge in [0.1, 0.15) is 0 Å². The van der Waals surface area contributed by atoms with Crippen LogP contribution >= 0.6 is 0 Å². The van der Waals surface area contributed by atoms with E-state index in [0.29, 0.717) is 0 Å². The van der Waals surface area contributed by atoms with Gasteiger partial charge >= 0.3 is 0 Å². The van der Waals surface area contributed by atoms with Crippen LogP contribution in [0.3, 0.4) is 0 Å². The fraction of sp³-hybridized carbons (Fsp3) is 0.188. The maximum absolute atomic E-state index is 4.53. The largest absolute Gasteiger partial charge is 0.260 e. The summed E-state index contributed by atoms with van der Waals surface area (Å²) < 4.78 is 0. The zero-order valence-corrected chi connectivity index (χ0v) is 9.76. The second kappa shape index (κ2) is 4.54. The lowest BCUT2D eigenvalue weighted by Crippen LogP contribution is -1.95. The molecule has 0 saturated heterocycles. The van der Waals surface area contributed by atoms with Crippen LogP contribution in [0.4, 0.5) is 0 Å². The molecule has 1 aromatic heterocycles. The van der Waals surface area contributed by atoms with Gasteiger partial charge in [-0.2, -0.15) is 0 Å². The molecule has 1 aliphatic carbocycles. The van der Waals surface area contributed by atoms with Gasteiger partial charge in [0.05, 0.1) is 5.69 Å². The number of rotatable bonds is 2. The Balaban J connectivity index is 2.00. The molecule has 84 valence electrons. The summed E-state index contributed by atoms with van der Waals surface area (Å²) in [5.41, 5.74) is 2.57. The van der Waals surface area contributed by atoms with Crippen molar-refractivity contribution in [1.29, 1.82) is 0 Å². The molecule has 1 aliphatic rings. The first-order chi connectivity index (χ1) is 8.43. The van der Waals surface area contributed by atoms with Gasteiger partial charge in [-0.3, -0.25) is 4.98 Å². The molecule has 0 spiro atoms. The number of pyridine rings is 1. The number of benzene rings is 1. The van der Waals surface area contributed by atoms with Crippen LogP contribution < -0.4 is 0 Å². The van der Waals surface area contributed by atoms with Gasteiger partial charge in [-0.25, -0.2) is 0 Å². The Labute approximate surface area is 102 Å². The maximum Gasteiger partial charge on any atom is 0.0525 e. The summed E-state index contributed by atoms with van der Waals surface area (Å²) in [5, 5.41) is 2.55. The molecule has 17 heavy (non-hydrogen) atoms. The normalized spacial score (nSPS) is 14.9. The van der Waals surface area contributed by atoms with Crippen molar-refractivity contribution >= 4 is 10.8 Å². The standard InChI is InChI=1S/C16H15N/c1-2-6-13(7-3-1)12-16-15-9-5-4-8-14(15)10-11-17-16/h2,4-11H,1,3,12H2. The summed E-state index contributed by atoms with van der Waals surface area (Å²) in [6.45, 7) is 0. The first kappa shape index (κ1) is 10.3.